The number of anilines is 1. The van der Waals surface area contributed by atoms with Crippen molar-refractivity contribution >= 4 is 17.4 Å². The van der Waals surface area contributed by atoms with Crippen LogP contribution >= 0.6 is 0 Å². The zero-order valence-corrected chi connectivity index (χ0v) is 15.2. The van der Waals surface area contributed by atoms with Crippen LogP contribution in [0.2, 0.25) is 0 Å². The molecule has 2 aromatic rings. The summed E-state index contributed by atoms with van der Waals surface area (Å²) in [5.41, 5.74) is -1.48. The molecule has 0 radical (unpaired) electrons. The average Bonchev–Trinajstić information content (AvgIpc) is 2.93. The van der Waals surface area contributed by atoms with E-state index in [1.807, 2.05) is 13.8 Å². The zero-order chi connectivity index (χ0) is 19.0. The van der Waals surface area contributed by atoms with Gasteiger partial charge in [-0.25, -0.2) is 0 Å². The number of carbonyl (C=O) groups excluding carboxylic acids is 2. The molecule has 0 saturated heterocycles. The van der Waals surface area contributed by atoms with Gasteiger partial charge in [-0.1, -0.05) is 50.2 Å². The molecule has 0 aromatic heterocycles. The van der Waals surface area contributed by atoms with E-state index in [0.29, 0.717) is 5.69 Å². The monoisotopic (exact) mass is 351 g/mol. The first kappa shape index (κ1) is 16.9. The summed E-state index contributed by atoms with van der Waals surface area (Å²) in [5, 5.41) is 23.3. The number of aryl methyl sites for hydroxylation is 1. The Kier molecular flexibility index (Phi) is 3.27. The highest BCUT2D eigenvalue weighted by Gasteiger charge is 2.72. The Hall–Kier alpha value is -2.50. The van der Waals surface area contributed by atoms with Crippen LogP contribution in [-0.4, -0.2) is 21.9 Å². The van der Waals surface area contributed by atoms with E-state index in [1.165, 1.54) is 4.90 Å². The van der Waals surface area contributed by atoms with Crippen LogP contribution < -0.4 is 4.90 Å². The van der Waals surface area contributed by atoms with Crippen LogP contribution in [0.15, 0.2) is 36.4 Å². The van der Waals surface area contributed by atoms with Gasteiger partial charge in [-0.2, -0.15) is 0 Å². The minimum Gasteiger partial charge on any atom is -0.372 e. The van der Waals surface area contributed by atoms with Crippen LogP contribution in [0.4, 0.5) is 5.69 Å². The smallest absolute Gasteiger partial charge is 0.232 e. The average molecular weight is 351 g/mol. The van der Waals surface area contributed by atoms with Crippen molar-refractivity contribution < 1.29 is 19.8 Å². The van der Waals surface area contributed by atoms with Crippen LogP contribution in [0.1, 0.15) is 46.5 Å². The zero-order valence-electron chi connectivity index (χ0n) is 15.2. The topological polar surface area (TPSA) is 77.8 Å². The minimum absolute atomic E-state index is 0.239. The van der Waals surface area contributed by atoms with E-state index in [0.717, 1.165) is 11.1 Å². The Bertz CT molecular complexity index is 980. The Morgan fingerprint density at radius 2 is 1.69 bits per heavy atom. The molecule has 134 valence electrons. The summed E-state index contributed by atoms with van der Waals surface area (Å²) in [4.78, 5) is 27.5. The minimum atomic E-state index is -2.21. The fraction of sp³-hybridized carbons (Fsp3) is 0.333. The number of benzene rings is 2. The fourth-order valence-electron chi connectivity index (χ4n) is 4.20. The van der Waals surface area contributed by atoms with Crippen LogP contribution in [0.25, 0.3) is 0 Å². The maximum absolute atomic E-state index is 13.2. The molecule has 1 heterocycles. The molecule has 0 spiro atoms. The summed E-state index contributed by atoms with van der Waals surface area (Å²) >= 11 is 0. The summed E-state index contributed by atoms with van der Waals surface area (Å²) < 4.78 is 0. The fourth-order valence-corrected chi connectivity index (χ4v) is 4.20. The molecule has 5 heteroatoms. The normalized spacial score (nSPS) is 26.1. The molecule has 5 nitrogen and oxygen atoms in total. The number of aliphatic hydroxyl groups is 2. The molecule has 2 aromatic carbocycles. The van der Waals surface area contributed by atoms with Gasteiger partial charge in [0, 0.05) is 22.6 Å². The van der Waals surface area contributed by atoms with Gasteiger partial charge < -0.3 is 10.2 Å². The summed E-state index contributed by atoms with van der Waals surface area (Å²) in [6.07, 6.45) is 0. The van der Waals surface area contributed by atoms with Gasteiger partial charge >= 0.3 is 0 Å². The molecule has 1 aliphatic heterocycles. The number of hydrogen-bond donors (Lipinski definition) is 2. The van der Waals surface area contributed by atoms with Gasteiger partial charge in [-0.05, 0) is 25.0 Å². The van der Waals surface area contributed by atoms with Crippen molar-refractivity contribution in [2.24, 2.45) is 5.92 Å². The number of carbonyl (C=O) groups is 2. The molecule has 2 aliphatic rings. The molecule has 2 unspecified atom stereocenters. The van der Waals surface area contributed by atoms with Crippen molar-refractivity contribution in [3.8, 4) is 0 Å². The standard InChI is InChI=1S/C21H21NO4/c1-11(2)19(24)22-17-13(4)12(3)9-10-16(17)20(25)18(23)14-7-5-6-8-15(14)21(20,22)26/h5-11,25-26H,1-4H3. The van der Waals surface area contributed by atoms with Crippen molar-refractivity contribution in [3.63, 3.8) is 0 Å². The van der Waals surface area contributed by atoms with Gasteiger partial charge in [-0.3, -0.25) is 14.5 Å². The number of nitrogens with zero attached hydrogens (tertiary/aromatic N) is 1. The highest BCUT2D eigenvalue weighted by molar-refractivity contribution is 6.15. The molecule has 2 N–H and O–H groups in total. The van der Waals surface area contributed by atoms with Crippen molar-refractivity contribution in [1.29, 1.82) is 0 Å². The molecular weight excluding hydrogens is 330 g/mol. The summed E-state index contributed by atoms with van der Waals surface area (Å²) in [6, 6.07) is 9.98. The van der Waals surface area contributed by atoms with E-state index in [1.54, 1.807) is 50.2 Å². The first-order chi connectivity index (χ1) is 12.2. The van der Waals surface area contributed by atoms with E-state index >= 15 is 0 Å². The SMILES string of the molecule is Cc1ccc2c(c1C)N(C(=O)C(C)C)C1(O)c3ccccc3C(=O)C21O. The van der Waals surface area contributed by atoms with Gasteiger partial charge in [0.25, 0.3) is 0 Å². The lowest BCUT2D eigenvalue weighted by Gasteiger charge is -2.38. The molecule has 0 saturated carbocycles. The van der Waals surface area contributed by atoms with Crippen molar-refractivity contribution in [2.45, 2.75) is 39.0 Å². The maximum atomic E-state index is 13.2. The maximum Gasteiger partial charge on any atom is 0.232 e. The second kappa shape index (κ2) is 5.02. The quantitative estimate of drug-likeness (QED) is 0.828. The van der Waals surface area contributed by atoms with Gasteiger partial charge in [-0.15, -0.1) is 0 Å². The Morgan fingerprint density at radius 1 is 1.04 bits per heavy atom. The van der Waals surface area contributed by atoms with Crippen LogP contribution in [-0.2, 0) is 16.1 Å². The number of amides is 1. The van der Waals surface area contributed by atoms with Gasteiger partial charge in [0.15, 0.2) is 0 Å². The first-order valence-corrected chi connectivity index (χ1v) is 8.71. The van der Waals surface area contributed by atoms with Crippen LogP contribution in [0.5, 0.6) is 0 Å². The summed E-state index contributed by atoms with van der Waals surface area (Å²) in [7, 11) is 0. The molecule has 26 heavy (non-hydrogen) atoms. The second-order valence-electron chi connectivity index (χ2n) is 7.49. The Balaban J connectivity index is 2.15. The van der Waals surface area contributed by atoms with E-state index in [4.69, 9.17) is 0 Å². The number of Topliss-reactive ketones (excluding diaryl/α,β-unsaturated/α-hetero) is 1. The van der Waals surface area contributed by atoms with E-state index < -0.39 is 23.0 Å². The Labute approximate surface area is 151 Å². The molecule has 0 fully saturated rings. The number of fused-ring (bicyclic) bond motifs is 5. The highest BCUT2D eigenvalue weighted by Crippen LogP contribution is 2.61. The van der Waals surface area contributed by atoms with Crippen LogP contribution in [0, 0.1) is 19.8 Å². The predicted molar refractivity (Wildman–Crippen MR) is 96.8 cm³/mol. The van der Waals surface area contributed by atoms with Gasteiger partial charge in [0.2, 0.25) is 23.0 Å². The third-order valence-electron chi connectivity index (χ3n) is 5.73. The molecule has 1 amide bonds. The predicted octanol–water partition coefficient (Wildman–Crippen LogP) is 2.54. The van der Waals surface area contributed by atoms with Gasteiger partial charge in [0.05, 0.1) is 5.69 Å². The van der Waals surface area contributed by atoms with E-state index in [-0.39, 0.29) is 22.6 Å². The molecular formula is C21H21NO4. The van der Waals surface area contributed by atoms with Crippen molar-refractivity contribution in [3.05, 3.63) is 64.2 Å². The third kappa shape index (κ3) is 1.63. The number of hydrogen-bond acceptors (Lipinski definition) is 4. The number of ketones is 1. The molecule has 2 atom stereocenters. The largest absolute Gasteiger partial charge is 0.372 e. The van der Waals surface area contributed by atoms with Crippen molar-refractivity contribution in [2.75, 3.05) is 4.90 Å². The molecule has 1 aliphatic carbocycles. The second-order valence-corrected chi connectivity index (χ2v) is 7.49. The highest BCUT2D eigenvalue weighted by atomic mass is 16.4. The molecule has 4 rings (SSSR count). The van der Waals surface area contributed by atoms with E-state index in [2.05, 4.69) is 0 Å². The summed E-state index contributed by atoms with van der Waals surface area (Å²) in [6.45, 7) is 7.19. The lowest BCUT2D eigenvalue weighted by molar-refractivity contribution is -0.142. The van der Waals surface area contributed by atoms with Gasteiger partial charge in [0.1, 0.15) is 0 Å². The van der Waals surface area contributed by atoms with Crippen LogP contribution in [0.3, 0.4) is 0 Å². The lowest BCUT2D eigenvalue weighted by Crippen LogP contribution is -2.57. The Morgan fingerprint density at radius 3 is 2.35 bits per heavy atom. The number of rotatable bonds is 1. The third-order valence-corrected chi connectivity index (χ3v) is 5.73. The first-order valence-electron chi connectivity index (χ1n) is 8.71. The molecule has 0 bridgehead atoms. The summed E-state index contributed by atoms with van der Waals surface area (Å²) in [5.74, 6) is -1.35. The van der Waals surface area contributed by atoms with Crippen molar-refractivity contribution in [1.82, 2.24) is 0 Å². The van der Waals surface area contributed by atoms with E-state index in [9.17, 15) is 19.8 Å². The lowest BCUT2D eigenvalue weighted by atomic mass is 9.85.